The number of nitrogens with zero attached hydrogens (tertiary/aromatic N) is 2. The maximum absolute atomic E-state index is 14.5. The second-order valence-corrected chi connectivity index (χ2v) is 26.5. The number of hydrogen-bond acceptors (Lipinski definition) is 15. The molecular formula is C66H91Br2ClN6O15. The summed E-state index contributed by atoms with van der Waals surface area (Å²) in [5.41, 5.74) is 5.32. The van der Waals surface area contributed by atoms with E-state index in [-0.39, 0.29) is 91.6 Å². The van der Waals surface area contributed by atoms with Gasteiger partial charge in [-0.1, -0.05) is 113 Å². The molecule has 3 heterocycles. The number of urea groups is 1. The van der Waals surface area contributed by atoms with Crippen LogP contribution in [-0.4, -0.2) is 162 Å². The number of anilines is 1. The van der Waals surface area contributed by atoms with Crippen LogP contribution in [0.4, 0.5) is 10.5 Å². The number of unbranched alkanes of at least 4 members (excludes halogenated alkanes) is 3. The quantitative estimate of drug-likeness (QED) is 0.0231. The summed E-state index contributed by atoms with van der Waals surface area (Å²) in [6, 6.07) is 4.65. The van der Waals surface area contributed by atoms with E-state index in [0.29, 0.717) is 46.2 Å². The lowest BCUT2D eigenvalue weighted by atomic mass is 9.78. The number of methoxy groups -OCH3 is 1. The fraction of sp³-hybridized carbons (Fsp3) is 0.606. The van der Waals surface area contributed by atoms with Gasteiger partial charge in [-0.2, -0.15) is 0 Å². The monoisotopic (exact) mass is 1400 g/mol. The highest BCUT2D eigenvalue weighted by Gasteiger charge is 2.64. The van der Waals surface area contributed by atoms with Gasteiger partial charge < -0.3 is 55.5 Å². The Kier molecular flexibility index (Phi) is 28.4. The second kappa shape index (κ2) is 34.2. The minimum atomic E-state index is -1.66. The molecule has 2 fully saturated rings. The van der Waals surface area contributed by atoms with Gasteiger partial charge in [-0.15, -0.1) is 0 Å². The van der Waals surface area contributed by atoms with E-state index in [0.717, 1.165) is 35.3 Å². The second-order valence-electron chi connectivity index (χ2n) is 24.8. The Morgan fingerprint density at radius 3 is 2.28 bits per heavy atom. The zero-order valence-electron chi connectivity index (χ0n) is 53.7. The Labute approximate surface area is 550 Å². The number of carbonyl (C=O) groups excluding carboxylic acids is 10. The van der Waals surface area contributed by atoms with Crippen LogP contribution in [0.25, 0.3) is 0 Å². The molecular weight excluding hydrogens is 1310 g/mol. The van der Waals surface area contributed by atoms with Gasteiger partial charge in [0.25, 0.3) is 11.8 Å². The number of halogens is 3. The standard InChI is InChI=1S/C66H91Br2ClN6O15/c1-37(2)47(31-46(76)19-14-12-13-15-21-51(77)45(35-67)36-68)61(82)73-49(20-17-25-72-64(70)85)52(78)30-43-23-24-44(29-48(43)60(81)71-8)62(83)74(9)41(6)63(84)89-55-32-56(79)75(10)50-28-42(27-39(4)58(50)69)26-38(3)18-16-22-54(87-11)66(86)33-53(88-57(80)34-66)40(5)59-65(55,7)90-59/h16,18,22-24,27-29,37,40-41,45,47,49,53-55,59,86H,12-15,17,19-21,25-26,30-36H2,1-11H3,(H,71,81)(H,73,82)(H3,70,72,85)/b22-16+,38-18+/t40-,41+,47+,49+,53+,54-,55+,59+,65+,66-/m1/s1. The summed E-state index contributed by atoms with van der Waals surface area (Å²) in [6.45, 7) is 12.4. The van der Waals surface area contributed by atoms with Crippen LogP contribution in [0, 0.1) is 30.6 Å². The number of fused-ring (bicyclic) bond motifs is 5. The lowest BCUT2D eigenvalue weighted by molar-refractivity contribution is -0.187. The number of rotatable bonds is 28. The average molecular weight is 1400 g/mol. The van der Waals surface area contributed by atoms with Crippen molar-refractivity contribution in [2.45, 2.75) is 186 Å². The maximum Gasteiger partial charge on any atom is 0.328 e. The molecule has 3 aliphatic heterocycles. The van der Waals surface area contributed by atoms with E-state index < -0.39 is 113 Å². The molecule has 0 unspecified atom stereocenters. The fourth-order valence-electron chi connectivity index (χ4n) is 11.7. The molecule has 0 aromatic heterocycles. The summed E-state index contributed by atoms with van der Waals surface area (Å²) in [5, 5.41) is 21.5. The SMILES string of the molecule is CNC(=O)c1cc(C(=O)N(C)[C@@H](C)C(=O)O[C@H]2CC(=O)N(C)c3cc(cc(C)c3Cl)C/C(C)=C/C=C/[C@@H](OC)[C@]3(O)CC(=O)O[C@@H](C3)[C@@H](C)[C@@H]3O[C@@]23C)ccc1CC(=O)[C@H](CCCNC(N)=O)NC(=O)[C@@H](CC(=O)CCCCCCC(=O)C(CBr)CBr)C(C)C. The Morgan fingerprint density at radius 2 is 1.64 bits per heavy atom. The van der Waals surface area contributed by atoms with Gasteiger partial charge in [0.15, 0.2) is 5.78 Å². The molecule has 2 aromatic rings. The summed E-state index contributed by atoms with van der Waals surface area (Å²) in [5.74, 6) is -6.10. The highest BCUT2D eigenvalue weighted by atomic mass is 79.9. The normalized spacial score (nSPS) is 23.9. The third-order valence-corrected chi connectivity index (χ3v) is 19.7. The Bertz CT molecular complexity index is 3030. The van der Waals surface area contributed by atoms with Crippen LogP contribution < -0.4 is 26.6 Å². The van der Waals surface area contributed by atoms with Crippen molar-refractivity contribution in [3.63, 3.8) is 0 Å². The third-order valence-electron chi connectivity index (χ3n) is 17.6. The molecule has 0 spiro atoms. The number of esters is 2. The van der Waals surface area contributed by atoms with E-state index in [4.69, 9.17) is 36.3 Å². The lowest BCUT2D eigenvalue weighted by Crippen LogP contribution is -2.53. The number of alkyl halides is 2. The van der Waals surface area contributed by atoms with Gasteiger partial charge in [0.1, 0.15) is 47.1 Å². The van der Waals surface area contributed by atoms with Gasteiger partial charge in [0, 0.05) is 106 Å². The molecule has 0 radical (unpaired) electrons. The number of nitrogens with one attached hydrogen (secondary N) is 3. The van der Waals surface area contributed by atoms with Crippen LogP contribution in [-0.2, 0) is 65.4 Å². The smallest absolute Gasteiger partial charge is 0.328 e. The Morgan fingerprint density at radius 1 is 0.967 bits per heavy atom. The van der Waals surface area contributed by atoms with Gasteiger partial charge in [-0.3, -0.25) is 38.4 Å². The highest BCUT2D eigenvalue weighted by Crippen LogP contribution is 2.50. The number of aliphatic hydroxyl groups is 1. The first-order valence-electron chi connectivity index (χ1n) is 30.8. The molecule has 2 saturated heterocycles. The molecule has 6 N–H and O–H groups in total. The van der Waals surface area contributed by atoms with Crippen molar-refractivity contribution in [1.29, 1.82) is 0 Å². The number of hydrogen-bond donors (Lipinski definition) is 5. The summed E-state index contributed by atoms with van der Waals surface area (Å²) in [6.07, 6.45) is 4.61. The molecule has 4 bridgehead atoms. The molecule has 21 nitrogen and oxygen atoms in total. The van der Waals surface area contributed by atoms with Crippen LogP contribution in [0.2, 0.25) is 5.02 Å². The number of allylic oxidation sites excluding steroid dienone is 3. The van der Waals surface area contributed by atoms with Crippen LogP contribution in [0.3, 0.4) is 0 Å². The van der Waals surface area contributed by atoms with E-state index in [2.05, 4.69) is 47.8 Å². The lowest BCUT2D eigenvalue weighted by Gasteiger charge is -2.41. The first kappa shape index (κ1) is 74.9. The van der Waals surface area contributed by atoms with Crippen molar-refractivity contribution in [2.75, 3.05) is 50.4 Å². The minimum absolute atomic E-state index is 0.0227. The average Bonchev–Trinajstić information content (AvgIpc) is 1.59. The molecule has 5 rings (SSSR count). The van der Waals surface area contributed by atoms with E-state index in [1.165, 1.54) is 51.2 Å². The number of Topliss-reactive ketones (excluding diaryl/α,β-unsaturated/α-hetero) is 3. The van der Waals surface area contributed by atoms with Gasteiger partial charge in [-0.25, -0.2) is 9.59 Å². The Balaban J connectivity index is 1.36. The summed E-state index contributed by atoms with van der Waals surface area (Å²) >= 11 is 13.6. The maximum atomic E-state index is 14.5. The van der Waals surface area contributed by atoms with E-state index >= 15 is 0 Å². The predicted molar refractivity (Wildman–Crippen MR) is 349 cm³/mol. The zero-order valence-corrected chi connectivity index (χ0v) is 57.6. The molecule has 0 aliphatic carbocycles. The number of primary amides is 1. The molecule has 3 aliphatic rings. The number of carbonyl (C=O) groups is 10. The molecule has 496 valence electrons. The van der Waals surface area contributed by atoms with Crippen molar-refractivity contribution in [3.05, 3.63) is 87.0 Å². The number of likely N-dealkylation sites (N-methyl/N-ethyl adjacent to an activating group) is 1. The van der Waals surface area contributed by atoms with Crippen LogP contribution in [0.5, 0.6) is 0 Å². The zero-order chi connectivity index (χ0) is 66.9. The topological polar surface area (TPSA) is 300 Å². The third kappa shape index (κ3) is 20.1. The van der Waals surface area contributed by atoms with Crippen molar-refractivity contribution < 1.29 is 72.0 Å². The van der Waals surface area contributed by atoms with Crippen LogP contribution in [0.15, 0.2) is 54.1 Å². The van der Waals surface area contributed by atoms with Gasteiger partial charge >= 0.3 is 18.0 Å². The number of benzene rings is 2. The number of nitrogens with two attached hydrogens (primary N) is 1. The first-order valence-corrected chi connectivity index (χ1v) is 33.4. The van der Waals surface area contributed by atoms with E-state index in [9.17, 15) is 53.1 Å². The van der Waals surface area contributed by atoms with Crippen molar-refractivity contribution in [3.8, 4) is 0 Å². The largest absolute Gasteiger partial charge is 0.462 e. The van der Waals surface area contributed by atoms with Gasteiger partial charge in [0.05, 0.1) is 35.7 Å². The first-order chi connectivity index (χ1) is 42.4. The Hall–Kier alpha value is -5.85. The predicted octanol–water partition coefficient (Wildman–Crippen LogP) is 8.33. The molecule has 24 heteroatoms. The summed E-state index contributed by atoms with van der Waals surface area (Å²) < 4.78 is 24.2. The summed E-state index contributed by atoms with van der Waals surface area (Å²) in [4.78, 5) is 139. The molecule has 2 aromatic carbocycles. The van der Waals surface area contributed by atoms with E-state index in [1.54, 1.807) is 33.0 Å². The number of aryl methyl sites for hydroxylation is 1. The van der Waals surface area contributed by atoms with Crippen molar-refractivity contribution in [1.82, 2.24) is 20.9 Å². The van der Waals surface area contributed by atoms with E-state index in [1.807, 2.05) is 45.9 Å². The minimum Gasteiger partial charge on any atom is -0.462 e. The van der Waals surface area contributed by atoms with Gasteiger partial charge in [-0.05, 0) is 101 Å². The highest BCUT2D eigenvalue weighted by molar-refractivity contribution is 9.09. The van der Waals surface area contributed by atoms with Crippen LogP contribution in [0.1, 0.15) is 156 Å². The number of amides is 6. The number of epoxide rings is 1. The van der Waals surface area contributed by atoms with Gasteiger partial charge in [0.2, 0.25) is 11.8 Å². The van der Waals surface area contributed by atoms with Crippen LogP contribution >= 0.6 is 43.5 Å². The molecule has 10 atom stereocenters. The number of ketones is 3. The van der Waals surface area contributed by atoms with Crippen molar-refractivity contribution >= 4 is 108 Å². The molecule has 90 heavy (non-hydrogen) atoms. The molecule has 0 saturated carbocycles. The fourth-order valence-corrected chi connectivity index (χ4v) is 13.7. The molecule has 6 amide bonds. The summed E-state index contributed by atoms with van der Waals surface area (Å²) in [7, 11) is 5.75. The number of ether oxygens (including phenoxy) is 4. The van der Waals surface area contributed by atoms with Crippen molar-refractivity contribution in [2.24, 2.45) is 29.4 Å².